The predicted molar refractivity (Wildman–Crippen MR) is 81.2 cm³/mol. The van der Waals surface area contributed by atoms with Crippen molar-refractivity contribution in [1.82, 2.24) is 9.97 Å². The third-order valence-electron chi connectivity index (χ3n) is 3.51. The molecule has 0 unspecified atom stereocenters. The maximum atomic E-state index is 12.6. The van der Waals surface area contributed by atoms with Crippen LogP contribution in [0.1, 0.15) is 10.5 Å². The van der Waals surface area contributed by atoms with Gasteiger partial charge in [-0.1, -0.05) is 12.1 Å². The first-order valence-electron chi connectivity index (χ1n) is 6.61. The number of benzene rings is 1. The molecule has 1 amide bonds. The Balaban J connectivity index is 1.93. The topological polar surface area (TPSA) is 87.4 Å². The number of nitrogens with zero attached hydrogens (tertiary/aromatic N) is 4. The molecule has 3 rings (SSSR count). The van der Waals surface area contributed by atoms with Gasteiger partial charge < -0.3 is 15.2 Å². The number of nitrogen functional groups attached to an aromatic ring is 1. The third-order valence-corrected chi connectivity index (χ3v) is 3.51. The summed E-state index contributed by atoms with van der Waals surface area (Å²) in [4.78, 5) is 24.6. The number of para-hydroxylation sites is 2. The smallest absolute Gasteiger partial charge is 0.278 e. The Morgan fingerprint density at radius 3 is 2.62 bits per heavy atom. The molecule has 7 nitrogen and oxygen atoms in total. The minimum absolute atomic E-state index is 0.161. The van der Waals surface area contributed by atoms with E-state index in [1.807, 2.05) is 31.3 Å². The molecule has 1 aromatic carbocycles. The molecule has 1 aromatic heterocycles. The SMILES string of the molecule is CN1CCN(C(=O)c2cnc(NN)cn2)c2ccccc21. The van der Waals surface area contributed by atoms with Gasteiger partial charge in [0.15, 0.2) is 5.82 Å². The molecule has 1 aliphatic heterocycles. The molecule has 0 saturated heterocycles. The first-order chi connectivity index (χ1) is 10.2. The van der Waals surface area contributed by atoms with Gasteiger partial charge in [0, 0.05) is 20.1 Å². The van der Waals surface area contributed by atoms with Crippen LogP contribution >= 0.6 is 0 Å². The van der Waals surface area contributed by atoms with E-state index >= 15 is 0 Å². The van der Waals surface area contributed by atoms with Crippen molar-refractivity contribution in [1.29, 1.82) is 0 Å². The van der Waals surface area contributed by atoms with Crippen molar-refractivity contribution in [2.24, 2.45) is 5.84 Å². The van der Waals surface area contributed by atoms with Crippen LogP contribution in [-0.2, 0) is 0 Å². The quantitative estimate of drug-likeness (QED) is 0.628. The predicted octanol–water partition coefficient (Wildman–Crippen LogP) is 0.859. The molecule has 2 aromatic rings. The van der Waals surface area contributed by atoms with Gasteiger partial charge in [-0.15, -0.1) is 0 Å². The summed E-state index contributed by atoms with van der Waals surface area (Å²) in [5, 5.41) is 0. The highest BCUT2D eigenvalue weighted by Gasteiger charge is 2.26. The van der Waals surface area contributed by atoms with E-state index in [4.69, 9.17) is 5.84 Å². The molecule has 0 radical (unpaired) electrons. The standard InChI is InChI=1S/C14H16N6O/c1-19-6-7-20(12-5-3-2-4-11(12)19)14(21)10-8-17-13(18-15)9-16-10/h2-5,8-9H,6-7,15H2,1H3,(H,17,18). The molecule has 0 bridgehead atoms. The van der Waals surface area contributed by atoms with Gasteiger partial charge in [-0.05, 0) is 12.1 Å². The largest absolute Gasteiger partial charge is 0.371 e. The number of nitrogens with one attached hydrogen (secondary N) is 1. The molecule has 0 spiro atoms. The first kappa shape index (κ1) is 13.3. The van der Waals surface area contributed by atoms with Crippen molar-refractivity contribution in [2.45, 2.75) is 0 Å². The zero-order valence-corrected chi connectivity index (χ0v) is 11.7. The molecule has 108 valence electrons. The zero-order chi connectivity index (χ0) is 14.8. The minimum Gasteiger partial charge on any atom is -0.371 e. The molecule has 0 atom stereocenters. The lowest BCUT2D eigenvalue weighted by Gasteiger charge is -2.35. The Kier molecular flexibility index (Phi) is 3.41. The van der Waals surface area contributed by atoms with Gasteiger partial charge in [0.25, 0.3) is 5.91 Å². The molecule has 2 heterocycles. The number of fused-ring (bicyclic) bond motifs is 1. The van der Waals surface area contributed by atoms with Gasteiger partial charge in [0.1, 0.15) is 5.69 Å². The van der Waals surface area contributed by atoms with Crippen molar-refractivity contribution in [2.75, 3.05) is 35.4 Å². The second-order valence-corrected chi connectivity index (χ2v) is 4.80. The summed E-state index contributed by atoms with van der Waals surface area (Å²) in [7, 11) is 2.02. The van der Waals surface area contributed by atoms with Crippen molar-refractivity contribution < 1.29 is 4.79 Å². The van der Waals surface area contributed by atoms with Gasteiger partial charge in [-0.3, -0.25) is 4.79 Å². The summed E-state index contributed by atoms with van der Waals surface area (Å²) < 4.78 is 0. The Morgan fingerprint density at radius 2 is 1.95 bits per heavy atom. The summed E-state index contributed by atoms with van der Waals surface area (Å²) in [5.74, 6) is 5.51. The fourth-order valence-electron chi connectivity index (χ4n) is 2.37. The Bertz CT molecular complexity index is 657. The van der Waals surface area contributed by atoms with Crippen LogP contribution in [-0.4, -0.2) is 36.0 Å². The maximum Gasteiger partial charge on any atom is 0.278 e. The number of carbonyl (C=O) groups excluding carboxylic acids is 1. The van der Waals surface area contributed by atoms with Crippen molar-refractivity contribution in [3.05, 3.63) is 42.4 Å². The highest BCUT2D eigenvalue weighted by atomic mass is 16.2. The van der Waals surface area contributed by atoms with Gasteiger partial charge in [-0.2, -0.15) is 0 Å². The summed E-state index contributed by atoms with van der Waals surface area (Å²) in [6.07, 6.45) is 2.87. The highest BCUT2D eigenvalue weighted by Crippen LogP contribution is 2.32. The molecular weight excluding hydrogens is 268 g/mol. The van der Waals surface area contributed by atoms with Crippen molar-refractivity contribution in [3.8, 4) is 0 Å². The molecule has 0 saturated carbocycles. The molecular formula is C14H16N6O. The first-order valence-corrected chi connectivity index (χ1v) is 6.61. The Labute approximate surface area is 122 Å². The Hall–Kier alpha value is -2.67. The lowest BCUT2D eigenvalue weighted by Crippen LogP contribution is -2.43. The number of amides is 1. The minimum atomic E-state index is -0.161. The fourth-order valence-corrected chi connectivity index (χ4v) is 2.37. The van der Waals surface area contributed by atoms with E-state index in [-0.39, 0.29) is 5.91 Å². The maximum absolute atomic E-state index is 12.6. The number of hydrazine groups is 1. The van der Waals surface area contributed by atoms with Gasteiger partial charge >= 0.3 is 0 Å². The monoisotopic (exact) mass is 284 g/mol. The fraction of sp³-hybridized carbons (Fsp3) is 0.214. The van der Waals surface area contributed by atoms with Crippen LogP contribution < -0.4 is 21.1 Å². The number of carbonyl (C=O) groups is 1. The molecule has 7 heteroatoms. The van der Waals surface area contributed by atoms with Crippen molar-refractivity contribution in [3.63, 3.8) is 0 Å². The lowest BCUT2D eigenvalue weighted by atomic mass is 10.1. The number of nitrogens with two attached hydrogens (primary N) is 1. The van der Waals surface area contributed by atoms with E-state index in [0.29, 0.717) is 18.1 Å². The molecule has 0 fully saturated rings. The molecule has 0 aliphatic carbocycles. The van der Waals surface area contributed by atoms with Gasteiger partial charge in [0.2, 0.25) is 0 Å². The van der Waals surface area contributed by atoms with E-state index in [1.165, 1.54) is 12.4 Å². The van der Waals surface area contributed by atoms with E-state index < -0.39 is 0 Å². The van der Waals surface area contributed by atoms with Crippen LogP contribution in [0.25, 0.3) is 0 Å². The number of anilines is 3. The van der Waals surface area contributed by atoms with Crippen LogP contribution in [0.3, 0.4) is 0 Å². The normalized spacial score (nSPS) is 13.8. The Morgan fingerprint density at radius 1 is 1.19 bits per heavy atom. The highest BCUT2D eigenvalue weighted by molar-refractivity contribution is 6.07. The van der Waals surface area contributed by atoms with Crippen molar-refractivity contribution >= 4 is 23.1 Å². The zero-order valence-electron chi connectivity index (χ0n) is 11.7. The van der Waals surface area contributed by atoms with Crippen LogP contribution in [0, 0.1) is 0 Å². The molecule has 3 N–H and O–H groups in total. The van der Waals surface area contributed by atoms with Gasteiger partial charge in [-0.25, -0.2) is 15.8 Å². The summed E-state index contributed by atoms with van der Waals surface area (Å²) in [6.45, 7) is 1.39. The van der Waals surface area contributed by atoms with Gasteiger partial charge in [0.05, 0.1) is 23.8 Å². The average Bonchev–Trinajstić information content (AvgIpc) is 2.55. The number of aromatic nitrogens is 2. The van der Waals surface area contributed by atoms with E-state index in [0.717, 1.165) is 17.9 Å². The average molecular weight is 284 g/mol. The van der Waals surface area contributed by atoms with Crippen LogP contribution in [0.5, 0.6) is 0 Å². The second-order valence-electron chi connectivity index (χ2n) is 4.80. The van der Waals surface area contributed by atoms with E-state index in [1.54, 1.807) is 4.90 Å². The van der Waals surface area contributed by atoms with Crippen LogP contribution in [0.2, 0.25) is 0 Å². The molecule has 1 aliphatic rings. The lowest BCUT2D eigenvalue weighted by molar-refractivity contribution is 0.0981. The van der Waals surface area contributed by atoms with E-state index in [2.05, 4.69) is 20.3 Å². The number of hydrogen-bond acceptors (Lipinski definition) is 6. The number of likely N-dealkylation sites (N-methyl/N-ethyl adjacent to an activating group) is 1. The third kappa shape index (κ3) is 2.38. The van der Waals surface area contributed by atoms with E-state index in [9.17, 15) is 4.79 Å². The number of rotatable bonds is 2. The van der Waals surface area contributed by atoms with Crippen LogP contribution in [0.4, 0.5) is 17.2 Å². The number of hydrogen-bond donors (Lipinski definition) is 2. The summed E-state index contributed by atoms with van der Waals surface area (Å²) >= 11 is 0. The summed E-state index contributed by atoms with van der Waals surface area (Å²) in [5.41, 5.74) is 4.61. The second kappa shape index (κ2) is 5.37. The summed E-state index contributed by atoms with van der Waals surface area (Å²) in [6, 6.07) is 7.82. The van der Waals surface area contributed by atoms with Crippen LogP contribution in [0.15, 0.2) is 36.7 Å². The molecule has 21 heavy (non-hydrogen) atoms.